The normalized spacial score (nSPS) is 14.3. The smallest absolute Gasteiger partial charge is 0.311 e. The van der Waals surface area contributed by atoms with E-state index in [1.54, 1.807) is 42.6 Å². The summed E-state index contributed by atoms with van der Waals surface area (Å²) in [4.78, 5) is 24.3. The minimum atomic E-state index is -0.371. The Labute approximate surface area is 217 Å². The number of hydrogen-bond donors (Lipinski definition) is 0. The summed E-state index contributed by atoms with van der Waals surface area (Å²) >= 11 is 18.5. The molecule has 1 aromatic heterocycles. The second-order valence-corrected chi connectivity index (χ2v) is 10.2. The molecule has 2 heterocycles. The third-order valence-electron chi connectivity index (χ3n) is 5.09. The standard InChI is InChI=1S/C23H24Cl3N5O4/c1-23(2,3)10-9-21(32)35-22-16(25)5-4-6-18(22)30-13-34-31(14-33-30)19-11-15(24)7-8-17(19)29-12-20(26)27-28-29/h4-8,11-12H,9-10,13-14H2,1-3H3. The number of benzene rings is 2. The SMILES string of the molecule is CC(C)(C)CCC(=O)Oc1c(Cl)cccc1N1CON(c2cc(Cl)ccc2-n2cc(Cl)nn2)CO1. The van der Waals surface area contributed by atoms with Crippen molar-refractivity contribution >= 4 is 52.1 Å². The maximum Gasteiger partial charge on any atom is 0.311 e. The van der Waals surface area contributed by atoms with Crippen LogP contribution in [0, 0.1) is 5.41 Å². The molecule has 1 saturated heterocycles. The highest BCUT2D eigenvalue weighted by molar-refractivity contribution is 6.32. The summed E-state index contributed by atoms with van der Waals surface area (Å²) in [5, 5.41) is 11.8. The number of carbonyl (C=O) groups excluding carboxylic acids is 1. The minimum Gasteiger partial charge on any atom is -0.423 e. The third kappa shape index (κ3) is 6.36. The van der Waals surface area contributed by atoms with Crippen LogP contribution in [0.5, 0.6) is 5.75 Å². The highest BCUT2D eigenvalue weighted by Gasteiger charge is 2.27. The van der Waals surface area contributed by atoms with Crippen molar-refractivity contribution < 1.29 is 19.2 Å². The quantitative estimate of drug-likeness (QED) is 0.275. The number of rotatable bonds is 6. The molecule has 0 atom stereocenters. The molecule has 1 aliphatic heterocycles. The number of carbonyl (C=O) groups is 1. The van der Waals surface area contributed by atoms with Gasteiger partial charge in [-0.3, -0.25) is 4.79 Å². The fourth-order valence-electron chi connectivity index (χ4n) is 3.29. The molecule has 35 heavy (non-hydrogen) atoms. The summed E-state index contributed by atoms with van der Waals surface area (Å²) in [5.74, 6) is -0.158. The van der Waals surface area contributed by atoms with Crippen LogP contribution >= 0.6 is 34.8 Å². The van der Waals surface area contributed by atoms with Crippen molar-refractivity contribution in [1.82, 2.24) is 15.0 Å². The van der Waals surface area contributed by atoms with Crippen LogP contribution in [0.25, 0.3) is 5.69 Å². The third-order valence-corrected chi connectivity index (χ3v) is 5.80. The highest BCUT2D eigenvalue weighted by Crippen LogP contribution is 2.38. The van der Waals surface area contributed by atoms with E-state index >= 15 is 0 Å². The van der Waals surface area contributed by atoms with Crippen LogP contribution in [0.15, 0.2) is 42.6 Å². The molecule has 9 nitrogen and oxygen atoms in total. The lowest BCUT2D eigenvalue weighted by atomic mass is 9.91. The minimum absolute atomic E-state index is 0.000302. The lowest BCUT2D eigenvalue weighted by Crippen LogP contribution is -2.43. The maximum absolute atomic E-state index is 12.5. The molecule has 0 spiro atoms. The summed E-state index contributed by atoms with van der Waals surface area (Å²) < 4.78 is 7.13. The van der Waals surface area contributed by atoms with Gasteiger partial charge < -0.3 is 4.74 Å². The van der Waals surface area contributed by atoms with E-state index < -0.39 is 0 Å². The monoisotopic (exact) mass is 539 g/mol. The molecule has 0 aliphatic carbocycles. The largest absolute Gasteiger partial charge is 0.423 e. The fourth-order valence-corrected chi connectivity index (χ4v) is 3.79. The van der Waals surface area contributed by atoms with Gasteiger partial charge in [-0.05, 0) is 42.2 Å². The Balaban J connectivity index is 1.50. The number of halogens is 3. The molecule has 1 fully saturated rings. The van der Waals surface area contributed by atoms with Crippen LogP contribution in [0.1, 0.15) is 33.6 Å². The molecular weight excluding hydrogens is 517 g/mol. The summed E-state index contributed by atoms with van der Waals surface area (Å²) in [6.07, 6.45) is 2.52. The van der Waals surface area contributed by atoms with Crippen LogP contribution in [-0.4, -0.2) is 34.4 Å². The van der Waals surface area contributed by atoms with Crippen LogP contribution in [0.4, 0.5) is 11.4 Å². The Hall–Kier alpha value is -2.56. The summed E-state index contributed by atoms with van der Waals surface area (Å²) in [7, 11) is 0. The molecule has 3 aromatic rings. The first-order valence-electron chi connectivity index (χ1n) is 10.8. The molecule has 0 radical (unpaired) electrons. The zero-order chi connectivity index (χ0) is 25.2. The van der Waals surface area contributed by atoms with Gasteiger partial charge in [0.25, 0.3) is 0 Å². The van der Waals surface area contributed by atoms with Gasteiger partial charge in [0.05, 0.1) is 22.6 Å². The van der Waals surface area contributed by atoms with Crippen LogP contribution in [0.3, 0.4) is 0 Å². The van der Waals surface area contributed by atoms with Crippen molar-refractivity contribution in [3.05, 3.63) is 57.8 Å². The van der Waals surface area contributed by atoms with E-state index in [-0.39, 0.29) is 47.2 Å². The zero-order valence-corrected chi connectivity index (χ0v) is 21.6. The highest BCUT2D eigenvalue weighted by atomic mass is 35.5. The lowest BCUT2D eigenvalue weighted by molar-refractivity contribution is -0.135. The molecule has 186 valence electrons. The maximum atomic E-state index is 12.5. The molecule has 0 N–H and O–H groups in total. The predicted molar refractivity (Wildman–Crippen MR) is 134 cm³/mol. The average Bonchev–Trinajstić information content (AvgIpc) is 3.25. The van der Waals surface area contributed by atoms with Crippen molar-refractivity contribution in [1.29, 1.82) is 0 Å². The molecule has 0 unspecified atom stereocenters. The van der Waals surface area contributed by atoms with E-state index in [1.807, 2.05) is 0 Å². The van der Waals surface area contributed by atoms with E-state index in [0.717, 1.165) is 0 Å². The van der Waals surface area contributed by atoms with E-state index in [2.05, 4.69) is 31.1 Å². The van der Waals surface area contributed by atoms with Gasteiger partial charge in [-0.25, -0.2) is 24.5 Å². The van der Waals surface area contributed by atoms with Gasteiger partial charge in [-0.15, -0.1) is 5.10 Å². The molecule has 1 aliphatic rings. The first-order valence-corrected chi connectivity index (χ1v) is 11.9. The van der Waals surface area contributed by atoms with Gasteiger partial charge >= 0.3 is 5.97 Å². The average molecular weight is 541 g/mol. The van der Waals surface area contributed by atoms with E-state index in [9.17, 15) is 4.79 Å². The molecule has 4 rings (SSSR count). The van der Waals surface area contributed by atoms with Crippen LogP contribution < -0.4 is 14.9 Å². The van der Waals surface area contributed by atoms with Gasteiger partial charge in [-0.1, -0.05) is 66.9 Å². The number of aromatic nitrogens is 3. The molecule has 12 heteroatoms. The summed E-state index contributed by atoms with van der Waals surface area (Å²) in [6.45, 7) is 6.18. The van der Waals surface area contributed by atoms with Gasteiger partial charge in [-0.2, -0.15) is 0 Å². The molecule has 0 bridgehead atoms. The Morgan fingerprint density at radius 3 is 2.37 bits per heavy atom. The number of hydroxylamine groups is 2. The van der Waals surface area contributed by atoms with Crippen molar-refractivity contribution in [2.24, 2.45) is 5.41 Å². The molecule has 2 aromatic carbocycles. The number of esters is 1. The Morgan fingerprint density at radius 1 is 1.03 bits per heavy atom. The second kappa shape index (κ2) is 10.6. The van der Waals surface area contributed by atoms with Gasteiger partial charge in [0.15, 0.2) is 24.4 Å². The molecule has 0 amide bonds. The van der Waals surface area contributed by atoms with E-state index in [1.165, 1.54) is 14.8 Å². The number of ether oxygens (including phenoxy) is 1. The van der Waals surface area contributed by atoms with Crippen molar-refractivity contribution in [3.63, 3.8) is 0 Å². The summed E-state index contributed by atoms with van der Waals surface area (Å²) in [5.41, 5.74) is 1.71. The number of nitrogens with zero attached hydrogens (tertiary/aromatic N) is 5. The number of para-hydroxylation sites is 1. The van der Waals surface area contributed by atoms with E-state index in [4.69, 9.17) is 49.2 Å². The zero-order valence-electron chi connectivity index (χ0n) is 19.4. The molecular formula is C23H24Cl3N5O4. The predicted octanol–water partition coefficient (Wildman–Crippen LogP) is 6.06. The fraction of sp³-hybridized carbons (Fsp3) is 0.348. The van der Waals surface area contributed by atoms with Gasteiger partial charge in [0, 0.05) is 11.4 Å². The lowest BCUT2D eigenvalue weighted by Gasteiger charge is -2.36. The Morgan fingerprint density at radius 2 is 1.74 bits per heavy atom. The van der Waals surface area contributed by atoms with Crippen molar-refractivity contribution in [2.75, 3.05) is 23.6 Å². The number of hydrogen-bond acceptors (Lipinski definition) is 8. The first-order chi connectivity index (χ1) is 16.6. The van der Waals surface area contributed by atoms with Gasteiger partial charge in [0.2, 0.25) is 0 Å². The van der Waals surface area contributed by atoms with Gasteiger partial charge in [0.1, 0.15) is 5.69 Å². The van der Waals surface area contributed by atoms with E-state index in [0.29, 0.717) is 28.5 Å². The van der Waals surface area contributed by atoms with Crippen molar-refractivity contribution in [2.45, 2.75) is 33.6 Å². The Bertz CT molecular complexity index is 1210. The molecule has 0 saturated carbocycles. The van der Waals surface area contributed by atoms with Crippen LogP contribution in [-0.2, 0) is 14.5 Å². The first kappa shape index (κ1) is 25.5. The number of anilines is 2. The second-order valence-electron chi connectivity index (χ2n) is 9.02. The van der Waals surface area contributed by atoms with Crippen molar-refractivity contribution in [3.8, 4) is 11.4 Å². The summed E-state index contributed by atoms with van der Waals surface area (Å²) in [6, 6.07) is 10.3. The van der Waals surface area contributed by atoms with Crippen LogP contribution in [0.2, 0.25) is 15.2 Å². The topological polar surface area (TPSA) is 82.0 Å². The Kier molecular flexibility index (Phi) is 7.73.